The molecule has 20 heavy (non-hydrogen) atoms. The van der Waals surface area contributed by atoms with Crippen molar-refractivity contribution >= 4 is 5.91 Å². The molecule has 0 bridgehead atoms. The lowest BCUT2D eigenvalue weighted by atomic mass is 9.93. The maximum atomic E-state index is 11.8. The largest absolute Gasteiger partial charge is 0.466 e. The minimum Gasteiger partial charge on any atom is -0.466 e. The Morgan fingerprint density at radius 1 is 1.50 bits per heavy atom. The van der Waals surface area contributed by atoms with E-state index >= 15 is 0 Å². The molecule has 0 saturated carbocycles. The molecule has 0 unspecified atom stereocenters. The van der Waals surface area contributed by atoms with Gasteiger partial charge >= 0.3 is 0 Å². The molecule has 1 fully saturated rings. The number of furan rings is 1. The number of aryl methyl sites for hydroxylation is 1. The second-order valence-corrected chi connectivity index (χ2v) is 5.92. The molecule has 4 heteroatoms. The van der Waals surface area contributed by atoms with Gasteiger partial charge in [-0.25, -0.2) is 0 Å². The topological polar surface area (TPSA) is 45.5 Å². The summed E-state index contributed by atoms with van der Waals surface area (Å²) in [7, 11) is 2.16. The van der Waals surface area contributed by atoms with Crippen molar-refractivity contribution in [2.45, 2.75) is 39.0 Å². The number of hydrogen-bond acceptors (Lipinski definition) is 3. The molecule has 1 atom stereocenters. The van der Waals surface area contributed by atoms with Crippen LogP contribution in [0.1, 0.15) is 37.2 Å². The summed E-state index contributed by atoms with van der Waals surface area (Å²) in [6.45, 7) is 4.93. The van der Waals surface area contributed by atoms with Crippen molar-refractivity contribution in [2.24, 2.45) is 5.92 Å². The smallest absolute Gasteiger partial charge is 0.220 e. The molecule has 2 rings (SSSR count). The molecule has 0 spiro atoms. The Balaban J connectivity index is 1.58. The third kappa shape index (κ3) is 5.00. The molecule has 0 aromatic carbocycles. The van der Waals surface area contributed by atoms with Crippen molar-refractivity contribution in [2.75, 3.05) is 26.7 Å². The van der Waals surface area contributed by atoms with Gasteiger partial charge in [-0.3, -0.25) is 4.79 Å². The van der Waals surface area contributed by atoms with E-state index < -0.39 is 0 Å². The van der Waals surface area contributed by atoms with E-state index in [1.165, 1.54) is 19.4 Å². The van der Waals surface area contributed by atoms with Gasteiger partial charge in [0.2, 0.25) is 5.91 Å². The molecule has 1 N–H and O–H groups in total. The standard InChI is InChI=1S/C16H26N2O2/c1-13-5-7-15(20-13)9-10-17-16(19)8-6-14-4-3-11-18(2)12-14/h5,7,14H,3-4,6,8-12H2,1-2H3,(H,17,19)/t14-/m0/s1. The Labute approximate surface area is 121 Å². The maximum absolute atomic E-state index is 11.8. The number of amides is 1. The quantitative estimate of drug-likeness (QED) is 0.869. The van der Waals surface area contributed by atoms with Gasteiger partial charge in [-0.1, -0.05) is 0 Å². The van der Waals surface area contributed by atoms with Gasteiger partial charge in [0.15, 0.2) is 0 Å². The van der Waals surface area contributed by atoms with Crippen LogP contribution in [0.25, 0.3) is 0 Å². The van der Waals surface area contributed by atoms with Crippen molar-refractivity contribution in [3.63, 3.8) is 0 Å². The highest BCUT2D eigenvalue weighted by atomic mass is 16.3. The van der Waals surface area contributed by atoms with Crippen LogP contribution in [0, 0.1) is 12.8 Å². The third-order valence-corrected chi connectivity index (χ3v) is 3.99. The van der Waals surface area contributed by atoms with Gasteiger partial charge in [-0.2, -0.15) is 0 Å². The fourth-order valence-electron chi connectivity index (χ4n) is 2.88. The highest BCUT2D eigenvalue weighted by Gasteiger charge is 2.17. The van der Waals surface area contributed by atoms with Crippen molar-refractivity contribution in [3.05, 3.63) is 23.7 Å². The number of rotatable bonds is 6. The molecule has 1 aliphatic heterocycles. The Bertz CT molecular complexity index is 428. The van der Waals surface area contributed by atoms with Crippen LogP contribution < -0.4 is 5.32 Å². The SMILES string of the molecule is Cc1ccc(CCNC(=O)CC[C@@H]2CCCN(C)C2)o1. The molecule has 2 heterocycles. The van der Waals surface area contributed by atoms with E-state index in [0.717, 1.165) is 30.9 Å². The molecule has 1 aliphatic rings. The third-order valence-electron chi connectivity index (χ3n) is 3.99. The minimum absolute atomic E-state index is 0.168. The first kappa shape index (κ1) is 15.1. The summed E-state index contributed by atoms with van der Waals surface area (Å²) in [6, 6.07) is 3.93. The zero-order valence-corrected chi connectivity index (χ0v) is 12.7. The van der Waals surface area contributed by atoms with Crippen molar-refractivity contribution < 1.29 is 9.21 Å². The normalized spacial score (nSPS) is 20.0. The van der Waals surface area contributed by atoms with Crippen LogP contribution in [-0.4, -0.2) is 37.5 Å². The minimum atomic E-state index is 0.168. The number of carbonyl (C=O) groups excluding carboxylic acids is 1. The lowest BCUT2D eigenvalue weighted by molar-refractivity contribution is -0.121. The van der Waals surface area contributed by atoms with E-state index in [9.17, 15) is 4.79 Å². The molecule has 1 amide bonds. The Morgan fingerprint density at radius 3 is 3.05 bits per heavy atom. The molecule has 1 aromatic heterocycles. The van der Waals surface area contributed by atoms with Gasteiger partial charge < -0.3 is 14.6 Å². The summed E-state index contributed by atoms with van der Waals surface area (Å²) in [5, 5.41) is 2.98. The van der Waals surface area contributed by atoms with Gasteiger partial charge in [0, 0.05) is 25.9 Å². The zero-order valence-electron chi connectivity index (χ0n) is 12.7. The van der Waals surface area contributed by atoms with Gasteiger partial charge in [-0.05, 0) is 57.8 Å². The highest BCUT2D eigenvalue weighted by molar-refractivity contribution is 5.75. The first-order chi connectivity index (χ1) is 9.63. The summed E-state index contributed by atoms with van der Waals surface area (Å²) < 4.78 is 5.48. The average Bonchev–Trinajstić information content (AvgIpc) is 2.82. The number of nitrogens with one attached hydrogen (secondary N) is 1. The van der Waals surface area contributed by atoms with Crippen LogP contribution in [0.3, 0.4) is 0 Å². The predicted octanol–water partition coefficient (Wildman–Crippen LogP) is 2.37. The predicted molar refractivity (Wildman–Crippen MR) is 79.6 cm³/mol. The van der Waals surface area contributed by atoms with Crippen molar-refractivity contribution in [1.82, 2.24) is 10.2 Å². The van der Waals surface area contributed by atoms with Crippen molar-refractivity contribution in [3.8, 4) is 0 Å². The number of carbonyl (C=O) groups is 1. The van der Waals surface area contributed by atoms with Crippen LogP contribution >= 0.6 is 0 Å². The number of piperidine rings is 1. The molecule has 112 valence electrons. The molecule has 0 aliphatic carbocycles. The molecule has 0 radical (unpaired) electrons. The monoisotopic (exact) mass is 278 g/mol. The van der Waals surface area contributed by atoms with E-state index in [0.29, 0.717) is 18.9 Å². The first-order valence-corrected chi connectivity index (χ1v) is 7.64. The fraction of sp³-hybridized carbons (Fsp3) is 0.688. The lowest BCUT2D eigenvalue weighted by Crippen LogP contribution is -2.33. The zero-order chi connectivity index (χ0) is 14.4. The number of hydrogen-bond donors (Lipinski definition) is 1. The molecular weight excluding hydrogens is 252 g/mol. The second kappa shape index (κ2) is 7.48. The van der Waals surface area contributed by atoms with Crippen LogP contribution in [0.4, 0.5) is 0 Å². The average molecular weight is 278 g/mol. The fourth-order valence-corrected chi connectivity index (χ4v) is 2.88. The number of nitrogens with zero attached hydrogens (tertiary/aromatic N) is 1. The molecule has 1 aromatic rings. The number of likely N-dealkylation sites (tertiary alicyclic amines) is 1. The van der Waals surface area contributed by atoms with Crippen LogP contribution in [0.2, 0.25) is 0 Å². The summed E-state index contributed by atoms with van der Waals surface area (Å²) >= 11 is 0. The summed E-state index contributed by atoms with van der Waals surface area (Å²) in [4.78, 5) is 14.2. The van der Waals surface area contributed by atoms with Crippen LogP contribution in [0.15, 0.2) is 16.5 Å². The Kier molecular flexibility index (Phi) is 5.65. The lowest BCUT2D eigenvalue weighted by Gasteiger charge is -2.29. The van der Waals surface area contributed by atoms with E-state index in [1.54, 1.807) is 0 Å². The maximum Gasteiger partial charge on any atom is 0.220 e. The highest BCUT2D eigenvalue weighted by Crippen LogP contribution is 2.19. The van der Waals surface area contributed by atoms with Crippen LogP contribution in [-0.2, 0) is 11.2 Å². The molecule has 1 saturated heterocycles. The summed E-state index contributed by atoms with van der Waals surface area (Å²) in [6.07, 6.45) is 4.96. The summed E-state index contributed by atoms with van der Waals surface area (Å²) in [5.74, 6) is 2.72. The molecule has 4 nitrogen and oxygen atoms in total. The van der Waals surface area contributed by atoms with Gasteiger partial charge in [-0.15, -0.1) is 0 Å². The summed E-state index contributed by atoms with van der Waals surface area (Å²) in [5.41, 5.74) is 0. The van der Waals surface area contributed by atoms with E-state index in [4.69, 9.17) is 4.42 Å². The van der Waals surface area contributed by atoms with Crippen LogP contribution in [0.5, 0.6) is 0 Å². The van der Waals surface area contributed by atoms with E-state index in [1.807, 2.05) is 19.1 Å². The Morgan fingerprint density at radius 2 is 2.35 bits per heavy atom. The van der Waals surface area contributed by atoms with Gasteiger partial charge in [0.1, 0.15) is 11.5 Å². The van der Waals surface area contributed by atoms with Gasteiger partial charge in [0.05, 0.1) is 0 Å². The molecular formula is C16H26N2O2. The Hall–Kier alpha value is -1.29. The van der Waals surface area contributed by atoms with E-state index in [2.05, 4.69) is 17.3 Å². The van der Waals surface area contributed by atoms with E-state index in [-0.39, 0.29) is 5.91 Å². The second-order valence-electron chi connectivity index (χ2n) is 5.92. The van der Waals surface area contributed by atoms with Gasteiger partial charge in [0.25, 0.3) is 0 Å². The first-order valence-electron chi connectivity index (χ1n) is 7.64. The van der Waals surface area contributed by atoms with Crippen molar-refractivity contribution in [1.29, 1.82) is 0 Å².